The molecule has 0 aliphatic carbocycles. The fourth-order valence-electron chi connectivity index (χ4n) is 2.28. The molecule has 4 heteroatoms. The maximum absolute atomic E-state index is 10.4. The first-order valence-corrected chi connectivity index (χ1v) is 5.92. The van der Waals surface area contributed by atoms with E-state index in [1.807, 2.05) is 0 Å². The molecule has 1 unspecified atom stereocenters. The van der Waals surface area contributed by atoms with Crippen LogP contribution in [-0.2, 0) is 6.42 Å². The van der Waals surface area contributed by atoms with Crippen LogP contribution in [0, 0.1) is 0 Å². The number of piperidine rings is 1. The van der Waals surface area contributed by atoms with Crippen molar-refractivity contribution in [2.45, 2.75) is 24.9 Å². The molecule has 2 rings (SSSR count). The molecule has 94 valence electrons. The largest absolute Gasteiger partial charge is 0.508 e. The molecule has 0 aromatic heterocycles. The van der Waals surface area contributed by atoms with E-state index < -0.39 is 5.60 Å². The number of phenolic OH excluding ortho intramolecular Hbond substituents is 1. The topological polar surface area (TPSA) is 61.7 Å². The summed E-state index contributed by atoms with van der Waals surface area (Å²) in [5.41, 5.74) is 0.0154. The molecule has 0 amide bonds. The Morgan fingerprint density at radius 2 is 2.29 bits per heavy atom. The molecular formula is C13H19NO3. The van der Waals surface area contributed by atoms with Gasteiger partial charge in [0, 0.05) is 19.0 Å². The van der Waals surface area contributed by atoms with E-state index in [0.717, 1.165) is 24.9 Å². The Balaban J connectivity index is 2.12. The fraction of sp³-hybridized carbons (Fsp3) is 0.538. The number of phenols is 1. The van der Waals surface area contributed by atoms with Crippen LogP contribution in [0.2, 0.25) is 0 Å². The van der Waals surface area contributed by atoms with Crippen molar-refractivity contribution >= 4 is 0 Å². The first-order chi connectivity index (χ1) is 8.13. The lowest BCUT2D eigenvalue weighted by Crippen LogP contribution is -2.47. The van der Waals surface area contributed by atoms with Crippen LogP contribution in [-0.4, -0.2) is 36.0 Å². The zero-order valence-corrected chi connectivity index (χ0v) is 10.1. The van der Waals surface area contributed by atoms with E-state index in [9.17, 15) is 10.2 Å². The predicted molar refractivity (Wildman–Crippen MR) is 65.4 cm³/mol. The van der Waals surface area contributed by atoms with Crippen molar-refractivity contribution in [2.75, 3.05) is 20.2 Å². The monoisotopic (exact) mass is 237 g/mol. The second-order valence-corrected chi connectivity index (χ2v) is 4.68. The minimum atomic E-state index is -0.746. The zero-order chi connectivity index (χ0) is 12.3. The summed E-state index contributed by atoms with van der Waals surface area (Å²) in [6.07, 6.45) is 2.20. The van der Waals surface area contributed by atoms with Gasteiger partial charge in [-0.05, 0) is 31.0 Å². The Bertz CT molecular complexity index is 386. The summed E-state index contributed by atoms with van der Waals surface area (Å²) in [4.78, 5) is 0. The number of rotatable bonds is 3. The molecule has 3 N–H and O–H groups in total. The van der Waals surface area contributed by atoms with Gasteiger partial charge in [-0.1, -0.05) is 6.07 Å². The van der Waals surface area contributed by atoms with Gasteiger partial charge < -0.3 is 20.3 Å². The third-order valence-corrected chi connectivity index (χ3v) is 3.26. The number of nitrogens with one attached hydrogen (secondary N) is 1. The fourth-order valence-corrected chi connectivity index (χ4v) is 2.28. The minimum absolute atomic E-state index is 0.184. The Labute approximate surface area is 101 Å². The van der Waals surface area contributed by atoms with Gasteiger partial charge in [0.1, 0.15) is 11.5 Å². The number of aliphatic hydroxyl groups is 1. The second-order valence-electron chi connectivity index (χ2n) is 4.68. The Hall–Kier alpha value is -1.26. The maximum atomic E-state index is 10.4. The quantitative estimate of drug-likeness (QED) is 0.735. The lowest BCUT2D eigenvalue weighted by Gasteiger charge is -2.33. The molecule has 1 aliphatic rings. The summed E-state index contributed by atoms with van der Waals surface area (Å²) >= 11 is 0. The molecular weight excluding hydrogens is 218 g/mol. The molecule has 0 spiro atoms. The second kappa shape index (κ2) is 4.94. The minimum Gasteiger partial charge on any atom is -0.508 e. The average Bonchev–Trinajstić information content (AvgIpc) is 2.32. The summed E-state index contributed by atoms with van der Waals surface area (Å²) in [6, 6.07) is 5.18. The highest BCUT2D eigenvalue weighted by Crippen LogP contribution is 2.29. The standard InChI is InChI=1S/C13H19NO3/c1-17-11-4-3-10(12(15)7-11)8-13(16)5-2-6-14-9-13/h3-4,7,14-16H,2,5-6,8-9H2,1H3. The lowest BCUT2D eigenvalue weighted by atomic mass is 9.87. The van der Waals surface area contributed by atoms with Crippen LogP contribution in [0.5, 0.6) is 11.5 Å². The zero-order valence-electron chi connectivity index (χ0n) is 10.1. The van der Waals surface area contributed by atoms with Gasteiger partial charge in [0.15, 0.2) is 0 Å². The van der Waals surface area contributed by atoms with Crippen LogP contribution in [0.1, 0.15) is 18.4 Å². The molecule has 1 aromatic carbocycles. The van der Waals surface area contributed by atoms with E-state index in [1.165, 1.54) is 0 Å². The van der Waals surface area contributed by atoms with Gasteiger partial charge in [0.2, 0.25) is 0 Å². The Morgan fingerprint density at radius 1 is 1.47 bits per heavy atom. The van der Waals surface area contributed by atoms with Crippen LogP contribution < -0.4 is 10.1 Å². The lowest BCUT2D eigenvalue weighted by molar-refractivity contribution is 0.0164. The van der Waals surface area contributed by atoms with E-state index in [-0.39, 0.29) is 5.75 Å². The molecule has 0 saturated carbocycles. The predicted octanol–water partition coefficient (Wildman–Crippen LogP) is 1.06. The van der Waals surface area contributed by atoms with Gasteiger partial charge in [-0.2, -0.15) is 0 Å². The summed E-state index contributed by atoms with van der Waals surface area (Å²) in [5.74, 6) is 0.809. The molecule has 1 aliphatic heterocycles. The number of aromatic hydroxyl groups is 1. The first kappa shape index (κ1) is 12.2. The Morgan fingerprint density at radius 3 is 2.88 bits per heavy atom. The van der Waals surface area contributed by atoms with Gasteiger partial charge in [0.05, 0.1) is 12.7 Å². The van der Waals surface area contributed by atoms with Crippen molar-refractivity contribution in [3.63, 3.8) is 0 Å². The van der Waals surface area contributed by atoms with Gasteiger partial charge in [-0.3, -0.25) is 0 Å². The van der Waals surface area contributed by atoms with Crippen LogP contribution in [0.4, 0.5) is 0 Å². The van der Waals surface area contributed by atoms with Crippen molar-refractivity contribution in [3.05, 3.63) is 23.8 Å². The van der Waals surface area contributed by atoms with Crippen molar-refractivity contribution in [1.82, 2.24) is 5.32 Å². The van der Waals surface area contributed by atoms with Crippen LogP contribution in [0.15, 0.2) is 18.2 Å². The summed E-state index contributed by atoms with van der Waals surface area (Å²) < 4.78 is 5.03. The van der Waals surface area contributed by atoms with E-state index >= 15 is 0 Å². The highest BCUT2D eigenvalue weighted by molar-refractivity contribution is 5.40. The molecule has 0 bridgehead atoms. The van der Waals surface area contributed by atoms with Gasteiger partial charge >= 0.3 is 0 Å². The van der Waals surface area contributed by atoms with Crippen LogP contribution >= 0.6 is 0 Å². The number of methoxy groups -OCH3 is 1. The number of hydrogen-bond donors (Lipinski definition) is 3. The molecule has 1 heterocycles. The summed E-state index contributed by atoms with van der Waals surface area (Å²) in [5, 5.41) is 23.4. The molecule has 0 radical (unpaired) electrons. The van der Waals surface area contributed by atoms with Gasteiger partial charge in [-0.15, -0.1) is 0 Å². The molecule has 4 nitrogen and oxygen atoms in total. The average molecular weight is 237 g/mol. The van der Waals surface area contributed by atoms with E-state index in [4.69, 9.17) is 4.74 Å². The maximum Gasteiger partial charge on any atom is 0.122 e. The smallest absolute Gasteiger partial charge is 0.122 e. The molecule has 17 heavy (non-hydrogen) atoms. The molecule has 1 saturated heterocycles. The van der Waals surface area contributed by atoms with Crippen molar-refractivity contribution in [1.29, 1.82) is 0 Å². The van der Waals surface area contributed by atoms with Crippen LogP contribution in [0.3, 0.4) is 0 Å². The number of hydrogen-bond acceptors (Lipinski definition) is 4. The molecule has 1 fully saturated rings. The van der Waals surface area contributed by atoms with Gasteiger partial charge in [-0.25, -0.2) is 0 Å². The van der Waals surface area contributed by atoms with E-state index in [2.05, 4.69) is 5.32 Å². The van der Waals surface area contributed by atoms with Crippen molar-refractivity contribution in [3.8, 4) is 11.5 Å². The number of benzene rings is 1. The van der Waals surface area contributed by atoms with Crippen molar-refractivity contribution < 1.29 is 14.9 Å². The van der Waals surface area contributed by atoms with E-state index in [0.29, 0.717) is 18.7 Å². The molecule has 1 atom stereocenters. The van der Waals surface area contributed by atoms with Crippen LogP contribution in [0.25, 0.3) is 0 Å². The highest BCUT2D eigenvalue weighted by atomic mass is 16.5. The third kappa shape index (κ3) is 2.90. The Kier molecular flexibility index (Phi) is 3.54. The van der Waals surface area contributed by atoms with Crippen molar-refractivity contribution in [2.24, 2.45) is 0 Å². The normalized spacial score (nSPS) is 24.6. The summed E-state index contributed by atoms with van der Waals surface area (Å²) in [7, 11) is 1.56. The SMILES string of the molecule is COc1ccc(CC2(O)CCCNC2)c(O)c1. The third-order valence-electron chi connectivity index (χ3n) is 3.26. The number of β-amino-alcohol motifs (C(OH)–C–C–N with tert-alkyl or cyclic N) is 1. The van der Waals surface area contributed by atoms with Gasteiger partial charge in [0.25, 0.3) is 0 Å². The highest BCUT2D eigenvalue weighted by Gasteiger charge is 2.30. The molecule has 1 aromatic rings. The first-order valence-electron chi connectivity index (χ1n) is 5.92. The van der Waals surface area contributed by atoms with E-state index in [1.54, 1.807) is 25.3 Å². The summed E-state index contributed by atoms with van der Waals surface area (Å²) in [6.45, 7) is 1.54. The number of ether oxygens (including phenoxy) is 1.